The minimum Gasteiger partial charge on any atom is -0.336 e. The largest absolute Gasteiger partial charge is 0.416 e. The highest BCUT2D eigenvalue weighted by molar-refractivity contribution is 5.89. The van der Waals surface area contributed by atoms with Crippen molar-refractivity contribution in [2.75, 3.05) is 11.9 Å². The Balaban J connectivity index is 1.60. The Hall–Kier alpha value is -3.63. The van der Waals surface area contributed by atoms with Gasteiger partial charge in [0.05, 0.1) is 12.1 Å². The Kier molecular flexibility index (Phi) is 5.90. The van der Waals surface area contributed by atoms with Crippen LogP contribution in [0.4, 0.5) is 28.0 Å². The first-order valence-electron chi connectivity index (χ1n) is 8.77. The summed E-state index contributed by atoms with van der Waals surface area (Å²) in [6.45, 7) is 0.0362. The van der Waals surface area contributed by atoms with E-state index < -0.39 is 29.3 Å². The molecule has 3 rings (SSSR count). The molecule has 0 unspecified atom stereocenters. The molecule has 1 heterocycles. The van der Waals surface area contributed by atoms with Crippen LogP contribution in [0.3, 0.4) is 0 Å². The van der Waals surface area contributed by atoms with E-state index in [0.29, 0.717) is 11.4 Å². The second-order valence-electron chi connectivity index (χ2n) is 6.35. The molecule has 2 N–H and O–H groups in total. The Morgan fingerprint density at radius 3 is 2.50 bits per heavy atom. The van der Waals surface area contributed by atoms with Gasteiger partial charge in [-0.2, -0.15) is 13.2 Å². The van der Waals surface area contributed by atoms with Crippen LogP contribution in [0.1, 0.15) is 5.56 Å². The number of nitrogens with zero attached hydrogens (tertiary/aromatic N) is 3. The number of benzene rings is 2. The van der Waals surface area contributed by atoms with E-state index in [9.17, 15) is 27.2 Å². The van der Waals surface area contributed by atoms with Crippen molar-refractivity contribution in [1.29, 1.82) is 0 Å². The van der Waals surface area contributed by atoms with Crippen molar-refractivity contribution < 1.29 is 22.4 Å². The van der Waals surface area contributed by atoms with E-state index in [-0.39, 0.29) is 18.8 Å². The maximum atomic E-state index is 13.1. The number of rotatable bonds is 5. The van der Waals surface area contributed by atoms with Crippen molar-refractivity contribution in [3.05, 3.63) is 70.4 Å². The van der Waals surface area contributed by atoms with Crippen LogP contribution in [-0.4, -0.2) is 26.9 Å². The van der Waals surface area contributed by atoms with Crippen molar-refractivity contribution >= 4 is 11.7 Å². The van der Waals surface area contributed by atoms with Gasteiger partial charge in [-0.1, -0.05) is 6.07 Å². The van der Waals surface area contributed by atoms with Crippen molar-refractivity contribution in [3.8, 4) is 11.4 Å². The summed E-state index contributed by atoms with van der Waals surface area (Å²) in [4.78, 5) is 24.2. The molecule has 2 amide bonds. The molecule has 0 aliphatic rings. The molecular weight excluding hydrogens is 406 g/mol. The van der Waals surface area contributed by atoms with Gasteiger partial charge in [-0.25, -0.2) is 18.7 Å². The molecule has 0 aliphatic carbocycles. The molecule has 0 bridgehead atoms. The van der Waals surface area contributed by atoms with E-state index in [1.165, 1.54) is 48.0 Å². The molecule has 11 heteroatoms. The van der Waals surface area contributed by atoms with Gasteiger partial charge in [0.2, 0.25) is 0 Å². The predicted molar refractivity (Wildman–Crippen MR) is 101 cm³/mol. The van der Waals surface area contributed by atoms with Gasteiger partial charge in [-0.3, -0.25) is 4.57 Å². The first-order chi connectivity index (χ1) is 14.1. The zero-order chi connectivity index (χ0) is 21.9. The van der Waals surface area contributed by atoms with Crippen LogP contribution in [-0.2, 0) is 19.8 Å². The summed E-state index contributed by atoms with van der Waals surface area (Å²) >= 11 is 0. The Morgan fingerprint density at radius 2 is 1.83 bits per heavy atom. The van der Waals surface area contributed by atoms with E-state index in [2.05, 4.69) is 15.7 Å². The standard InChI is InChI=1S/C19H17F4N5O2/c1-27-16(12-5-7-14(20)8-6-12)26-28(18(27)30)10-9-24-17(29)25-15-4-2-3-13(11-15)19(21,22)23/h2-8,11H,9-10H2,1H3,(H2,24,25,29). The number of urea groups is 1. The van der Waals surface area contributed by atoms with Gasteiger partial charge in [0.1, 0.15) is 5.82 Å². The molecule has 0 saturated heterocycles. The lowest BCUT2D eigenvalue weighted by atomic mass is 10.2. The lowest BCUT2D eigenvalue weighted by Gasteiger charge is -2.10. The number of alkyl halides is 3. The maximum Gasteiger partial charge on any atom is 0.416 e. The first-order valence-corrected chi connectivity index (χ1v) is 8.77. The fourth-order valence-corrected chi connectivity index (χ4v) is 2.71. The number of carbonyl (C=O) groups excluding carboxylic acids is 1. The fraction of sp³-hybridized carbons (Fsp3) is 0.211. The van der Waals surface area contributed by atoms with Gasteiger partial charge in [-0.05, 0) is 42.5 Å². The molecule has 3 aromatic rings. The Bertz CT molecular complexity index is 1100. The van der Waals surface area contributed by atoms with Crippen molar-refractivity contribution in [2.45, 2.75) is 12.7 Å². The smallest absolute Gasteiger partial charge is 0.336 e. The normalized spacial score (nSPS) is 11.4. The van der Waals surface area contributed by atoms with Crippen LogP contribution in [0, 0.1) is 5.82 Å². The highest BCUT2D eigenvalue weighted by atomic mass is 19.4. The average molecular weight is 423 g/mol. The minimum atomic E-state index is -4.52. The van der Waals surface area contributed by atoms with Gasteiger partial charge in [0.15, 0.2) is 5.82 Å². The lowest BCUT2D eigenvalue weighted by molar-refractivity contribution is -0.137. The van der Waals surface area contributed by atoms with E-state index in [0.717, 1.165) is 16.8 Å². The number of hydrogen-bond donors (Lipinski definition) is 2. The number of nitrogens with one attached hydrogen (secondary N) is 2. The Labute approximate surface area is 167 Å². The number of amides is 2. The summed E-state index contributed by atoms with van der Waals surface area (Å²) in [5, 5.41) is 8.93. The van der Waals surface area contributed by atoms with E-state index in [1.807, 2.05) is 0 Å². The highest BCUT2D eigenvalue weighted by Gasteiger charge is 2.30. The molecule has 0 fully saturated rings. The minimum absolute atomic E-state index is 0.00454. The summed E-state index contributed by atoms with van der Waals surface area (Å²) < 4.78 is 53.7. The maximum absolute atomic E-state index is 13.1. The molecule has 0 atom stereocenters. The van der Waals surface area contributed by atoms with Crippen molar-refractivity contribution in [2.24, 2.45) is 7.05 Å². The molecule has 2 aromatic carbocycles. The van der Waals surface area contributed by atoms with Crippen LogP contribution < -0.4 is 16.3 Å². The third kappa shape index (κ3) is 4.85. The number of halogens is 4. The molecule has 7 nitrogen and oxygen atoms in total. The third-order valence-electron chi connectivity index (χ3n) is 4.20. The summed E-state index contributed by atoms with van der Waals surface area (Å²) in [6.07, 6.45) is -4.52. The monoisotopic (exact) mass is 423 g/mol. The van der Waals surface area contributed by atoms with Crippen LogP contribution in [0.15, 0.2) is 53.3 Å². The van der Waals surface area contributed by atoms with Crippen LogP contribution >= 0.6 is 0 Å². The van der Waals surface area contributed by atoms with Crippen LogP contribution in [0.25, 0.3) is 11.4 Å². The molecule has 0 saturated carbocycles. The molecule has 1 aromatic heterocycles. The summed E-state index contributed by atoms with van der Waals surface area (Å²) in [7, 11) is 1.51. The molecule has 0 radical (unpaired) electrons. The summed E-state index contributed by atoms with van der Waals surface area (Å²) in [5.74, 6) is -0.0902. The van der Waals surface area contributed by atoms with E-state index >= 15 is 0 Å². The van der Waals surface area contributed by atoms with Crippen molar-refractivity contribution in [1.82, 2.24) is 19.7 Å². The van der Waals surface area contributed by atoms with Crippen LogP contribution in [0.5, 0.6) is 0 Å². The van der Waals surface area contributed by atoms with Gasteiger partial charge >= 0.3 is 17.9 Å². The zero-order valence-corrected chi connectivity index (χ0v) is 15.7. The third-order valence-corrected chi connectivity index (χ3v) is 4.20. The number of aromatic nitrogens is 3. The van der Waals surface area contributed by atoms with E-state index in [4.69, 9.17) is 0 Å². The first kappa shape index (κ1) is 21.1. The van der Waals surface area contributed by atoms with Gasteiger partial charge in [0, 0.05) is 24.8 Å². The molecule has 0 aliphatic heterocycles. The fourth-order valence-electron chi connectivity index (χ4n) is 2.71. The number of anilines is 1. The van der Waals surface area contributed by atoms with E-state index in [1.54, 1.807) is 0 Å². The highest BCUT2D eigenvalue weighted by Crippen LogP contribution is 2.30. The summed E-state index contributed by atoms with van der Waals surface area (Å²) in [6, 6.07) is 8.97. The van der Waals surface area contributed by atoms with Crippen LogP contribution in [0.2, 0.25) is 0 Å². The zero-order valence-electron chi connectivity index (χ0n) is 15.7. The van der Waals surface area contributed by atoms with Gasteiger partial charge in [0.25, 0.3) is 0 Å². The quantitative estimate of drug-likeness (QED) is 0.619. The molecule has 0 spiro atoms. The van der Waals surface area contributed by atoms with Gasteiger partial charge in [-0.15, -0.1) is 5.10 Å². The van der Waals surface area contributed by atoms with Gasteiger partial charge < -0.3 is 10.6 Å². The number of carbonyl (C=O) groups is 1. The summed E-state index contributed by atoms with van der Waals surface area (Å²) in [5.41, 5.74) is -0.788. The SMILES string of the molecule is Cn1c(-c2ccc(F)cc2)nn(CCNC(=O)Nc2cccc(C(F)(F)F)c2)c1=O. The number of hydrogen-bond acceptors (Lipinski definition) is 3. The lowest BCUT2D eigenvalue weighted by Crippen LogP contribution is -2.34. The second kappa shape index (κ2) is 8.39. The molecule has 30 heavy (non-hydrogen) atoms. The Morgan fingerprint density at radius 1 is 1.13 bits per heavy atom. The molecule has 158 valence electrons. The average Bonchev–Trinajstić information content (AvgIpc) is 2.97. The predicted octanol–water partition coefficient (Wildman–Crippen LogP) is 3.23. The van der Waals surface area contributed by atoms with Crippen molar-refractivity contribution in [3.63, 3.8) is 0 Å². The second-order valence-corrected chi connectivity index (χ2v) is 6.35. The topological polar surface area (TPSA) is 81.0 Å². The molecular formula is C19H17F4N5O2.